The highest BCUT2D eigenvalue weighted by Crippen LogP contribution is 2.32. The van der Waals surface area contributed by atoms with Gasteiger partial charge in [0.2, 0.25) is 0 Å². The van der Waals surface area contributed by atoms with Crippen LogP contribution in [0.1, 0.15) is 35.2 Å². The van der Waals surface area contributed by atoms with Crippen LogP contribution in [0.4, 0.5) is 24.7 Å². The number of hydrogen-bond acceptors (Lipinski definition) is 4. The smallest absolute Gasteiger partial charge is 0.355 e. The van der Waals surface area contributed by atoms with Gasteiger partial charge in [-0.25, -0.2) is 0 Å². The first-order valence-electron chi connectivity index (χ1n) is 10.1. The molecule has 0 spiro atoms. The second-order valence-electron chi connectivity index (χ2n) is 7.40. The van der Waals surface area contributed by atoms with Crippen molar-refractivity contribution in [1.29, 1.82) is 0 Å². The van der Waals surface area contributed by atoms with Crippen LogP contribution in [0.2, 0.25) is 0 Å². The Morgan fingerprint density at radius 1 is 0.903 bits per heavy atom. The number of halogens is 3. The molecular formula is C23H21F3N4O. The largest absolute Gasteiger partial charge is 0.417 e. The summed E-state index contributed by atoms with van der Waals surface area (Å²) in [6.45, 7) is 1.93. The standard InChI is InChI=1S/C23H21F3N4O/c24-23(25,26)19-10-3-2-9-18(19)22(31)27-17-8-6-7-16(15-17)20-11-12-21(29-28-20)30-13-4-1-5-14-30/h2-3,6-12,15H,1,4-5,13-14H2,(H,27,31). The van der Waals surface area contributed by atoms with E-state index >= 15 is 0 Å². The molecule has 1 aliphatic rings. The molecule has 0 aliphatic carbocycles. The number of carbonyl (C=O) groups excluding carboxylic acids is 1. The van der Waals surface area contributed by atoms with Gasteiger partial charge in [0.1, 0.15) is 0 Å². The van der Waals surface area contributed by atoms with Crippen molar-refractivity contribution in [2.24, 2.45) is 0 Å². The Labute approximate surface area is 177 Å². The second kappa shape index (κ2) is 8.75. The van der Waals surface area contributed by atoms with Crippen LogP contribution in [0.3, 0.4) is 0 Å². The summed E-state index contributed by atoms with van der Waals surface area (Å²) in [5, 5.41) is 11.2. The van der Waals surface area contributed by atoms with E-state index in [1.807, 2.05) is 18.2 Å². The van der Waals surface area contributed by atoms with E-state index < -0.39 is 23.2 Å². The molecule has 1 aromatic heterocycles. The Balaban J connectivity index is 1.52. The number of alkyl halides is 3. The monoisotopic (exact) mass is 426 g/mol. The molecule has 2 heterocycles. The summed E-state index contributed by atoms with van der Waals surface area (Å²) in [7, 11) is 0. The van der Waals surface area contributed by atoms with Gasteiger partial charge in [-0.1, -0.05) is 24.3 Å². The number of piperidine rings is 1. The van der Waals surface area contributed by atoms with Crippen LogP contribution >= 0.6 is 0 Å². The zero-order valence-corrected chi connectivity index (χ0v) is 16.7. The van der Waals surface area contributed by atoms with Gasteiger partial charge in [0.15, 0.2) is 5.82 Å². The number of nitrogens with one attached hydrogen (secondary N) is 1. The van der Waals surface area contributed by atoms with Gasteiger partial charge in [0, 0.05) is 24.3 Å². The van der Waals surface area contributed by atoms with Crippen LogP contribution in [0.15, 0.2) is 60.7 Å². The maximum absolute atomic E-state index is 13.2. The lowest BCUT2D eigenvalue weighted by atomic mass is 10.1. The van der Waals surface area contributed by atoms with Gasteiger partial charge >= 0.3 is 6.18 Å². The number of benzene rings is 2. The average molecular weight is 426 g/mol. The molecule has 0 atom stereocenters. The van der Waals surface area contributed by atoms with Crippen LogP contribution in [-0.4, -0.2) is 29.2 Å². The van der Waals surface area contributed by atoms with Gasteiger partial charge in [-0.2, -0.15) is 13.2 Å². The highest BCUT2D eigenvalue weighted by Gasteiger charge is 2.34. The van der Waals surface area contributed by atoms with Crippen LogP contribution in [0.25, 0.3) is 11.3 Å². The molecular weight excluding hydrogens is 405 g/mol. The van der Waals surface area contributed by atoms with Gasteiger partial charge in [0.05, 0.1) is 16.8 Å². The summed E-state index contributed by atoms with van der Waals surface area (Å²) < 4.78 is 39.6. The maximum Gasteiger partial charge on any atom is 0.417 e. The fraction of sp³-hybridized carbons (Fsp3) is 0.261. The fourth-order valence-electron chi connectivity index (χ4n) is 3.65. The van der Waals surface area contributed by atoms with Crippen molar-refractivity contribution in [2.45, 2.75) is 25.4 Å². The number of hydrogen-bond donors (Lipinski definition) is 1. The maximum atomic E-state index is 13.2. The summed E-state index contributed by atoms with van der Waals surface area (Å²) in [6, 6.07) is 15.3. The summed E-state index contributed by atoms with van der Waals surface area (Å²) in [5.41, 5.74) is 0.308. The Morgan fingerprint density at radius 2 is 1.68 bits per heavy atom. The van der Waals surface area contributed by atoms with Crippen molar-refractivity contribution in [3.8, 4) is 11.3 Å². The van der Waals surface area contributed by atoms with Crippen molar-refractivity contribution >= 4 is 17.4 Å². The predicted octanol–water partition coefficient (Wildman–Crippen LogP) is 5.41. The lowest BCUT2D eigenvalue weighted by Crippen LogP contribution is -2.30. The zero-order chi connectivity index (χ0) is 21.8. The topological polar surface area (TPSA) is 58.1 Å². The van der Waals surface area contributed by atoms with Crippen LogP contribution in [-0.2, 0) is 6.18 Å². The van der Waals surface area contributed by atoms with Crippen molar-refractivity contribution in [1.82, 2.24) is 10.2 Å². The predicted molar refractivity (Wildman–Crippen MR) is 113 cm³/mol. The average Bonchev–Trinajstić information content (AvgIpc) is 2.79. The van der Waals surface area contributed by atoms with Gasteiger partial charge in [-0.05, 0) is 55.7 Å². The summed E-state index contributed by atoms with van der Waals surface area (Å²) in [6.07, 6.45) is -1.10. The van der Waals surface area contributed by atoms with Gasteiger partial charge < -0.3 is 10.2 Å². The number of aromatic nitrogens is 2. The Kier molecular flexibility index (Phi) is 5.88. The first-order chi connectivity index (χ1) is 14.9. The molecule has 1 saturated heterocycles. The quantitative estimate of drug-likeness (QED) is 0.607. The van der Waals surface area contributed by atoms with Crippen molar-refractivity contribution in [3.63, 3.8) is 0 Å². The molecule has 8 heteroatoms. The van der Waals surface area contributed by atoms with E-state index in [0.717, 1.165) is 43.9 Å². The molecule has 5 nitrogen and oxygen atoms in total. The Bertz CT molecular complexity index is 1060. The molecule has 0 bridgehead atoms. The van der Waals surface area contributed by atoms with Crippen LogP contribution < -0.4 is 10.2 Å². The lowest BCUT2D eigenvalue weighted by molar-refractivity contribution is -0.137. The molecule has 2 aromatic carbocycles. The highest BCUT2D eigenvalue weighted by molar-refractivity contribution is 6.05. The van der Waals surface area contributed by atoms with E-state index in [-0.39, 0.29) is 0 Å². The molecule has 160 valence electrons. The number of anilines is 2. The zero-order valence-electron chi connectivity index (χ0n) is 16.7. The van der Waals surface area contributed by atoms with Crippen LogP contribution in [0.5, 0.6) is 0 Å². The van der Waals surface area contributed by atoms with E-state index in [1.54, 1.807) is 18.2 Å². The number of amides is 1. The molecule has 1 fully saturated rings. The third-order valence-corrected chi connectivity index (χ3v) is 5.22. The van der Waals surface area contributed by atoms with E-state index in [9.17, 15) is 18.0 Å². The third kappa shape index (κ3) is 4.84. The van der Waals surface area contributed by atoms with E-state index in [2.05, 4.69) is 20.4 Å². The third-order valence-electron chi connectivity index (χ3n) is 5.22. The molecule has 1 amide bonds. The first-order valence-corrected chi connectivity index (χ1v) is 10.1. The van der Waals surface area contributed by atoms with Crippen molar-refractivity contribution in [2.75, 3.05) is 23.3 Å². The minimum Gasteiger partial charge on any atom is -0.355 e. The number of carbonyl (C=O) groups is 1. The fourth-order valence-corrected chi connectivity index (χ4v) is 3.65. The molecule has 1 N–H and O–H groups in total. The lowest BCUT2D eigenvalue weighted by Gasteiger charge is -2.27. The van der Waals surface area contributed by atoms with E-state index in [4.69, 9.17) is 0 Å². The molecule has 0 unspecified atom stereocenters. The first kappa shape index (κ1) is 20.8. The second-order valence-corrected chi connectivity index (χ2v) is 7.40. The molecule has 0 saturated carbocycles. The normalized spacial score (nSPS) is 14.4. The Morgan fingerprint density at radius 3 is 2.39 bits per heavy atom. The summed E-state index contributed by atoms with van der Waals surface area (Å²) >= 11 is 0. The molecule has 0 radical (unpaired) electrons. The number of rotatable bonds is 4. The molecule has 4 rings (SSSR count). The van der Waals surface area contributed by atoms with E-state index in [1.165, 1.54) is 18.6 Å². The summed E-state index contributed by atoms with van der Waals surface area (Å²) in [5.74, 6) is 0.00766. The van der Waals surface area contributed by atoms with Gasteiger partial charge in [0.25, 0.3) is 5.91 Å². The number of nitrogens with zero attached hydrogens (tertiary/aromatic N) is 3. The van der Waals surface area contributed by atoms with Crippen LogP contribution in [0, 0.1) is 0 Å². The van der Waals surface area contributed by atoms with Gasteiger partial charge in [-0.15, -0.1) is 10.2 Å². The highest BCUT2D eigenvalue weighted by atomic mass is 19.4. The SMILES string of the molecule is O=C(Nc1cccc(-c2ccc(N3CCCCC3)nn2)c1)c1ccccc1C(F)(F)F. The minimum atomic E-state index is -4.61. The minimum absolute atomic E-state index is 0.376. The van der Waals surface area contributed by atoms with Gasteiger partial charge in [-0.3, -0.25) is 4.79 Å². The molecule has 31 heavy (non-hydrogen) atoms. The van der Waals surface area contributed by atoms with E-state index in [0.29, 0.717) is 16.9 Å². The van der Waals surface area contributed by atoms with Crippen molar-refractivity contribution < 1.29 is 18.0 Å². The molecule has 3 aromatic rings. The molecule has 1 aliphatic heterocycles. The summed E-state index contributed by atoms with van der Waals surface area (Å²) in [4.78, 5) is 14.7. The Hall–Kier alpha value is -3.42. The van der Waals surface area contributed by atoms with Crippen molar-refractivity contribution in [3.05, 3.63) is 71.8 Å².